The van der Waals surface area contributed by atoms with Crippen LogP contribution in [0.2, 0.25) is 0 Å². The summed E-state index contributed by atoms with van der Waals surface area (Å²) in [5.74, 6) is 1.78. The molecule has 1 fully saturated rings. The molecule has 0 spiro atoms. The molecule has 1 aromatic rings. The molecule has 1 aliphatic rings. The summed E-state index contributed by atoms with van der Waals surface area (Å²) < 4.78 is 24.5. The second kappa shape index (κ2) is 5.63. The van der Waals surface area contributed by atoms with Crippen LogP contribution < -0.4 is 10.6 Å². The highest BCUT2D eigenvalue weighted by atomic mass is 32.2. The number of nitrogens with zero attached hydrogens (tertiary/aromatic N) is 1. The second-order valence-electron chi connectivity index (χ2n) is 4.72. The lowest BCUT2D eigenvalue weighted by Gasteiger charge is -2.37. The Morgan fingerprint density at radius 3 is 2.84 bits per heavy atom. The minimum atomic E-state index is -3.07. The van der Waals surface area contributed by atoms with Crippen LogP contribution in [0, 0.1) is 6.92 Å². The average molecular weight is 300 g/mol. The first-order valence-corrected chi connectivity index (χ1v) is 9.25. The molecule has 0 bridgehead atoms. The topological polar surface area (TPSA) is 63.4 Å². The van der Waals surface area contributed by atoms with Crippen molar-refractivity contribution in [2.24, 2.45) is 0 Å². The molecule has 2 N–H and O–H groups in total. The van der Waals surface area contributed by atoms with E-state index in [1.807, 2.05) is 30.0 Å². The molecule has 0 radical (unpaired) electrons. The molecule has 1 saturated heterocycles. The molecule has 1 atom stereocenters. The molecule has 4 nitrogen and oxygen atoms in total. The molecule has 0 saturated carbocycles. The minimum Gasteiger partial charge on any atom is -0.399 e. The summed E-state index contributed by atoms with van der Waals surface area (Å²) in [5, 5.41) is -0.418. The van der Waals surface area contributed by atoms with Crippen molar-refractivity contribution in [3.8, 4) is 0 Å². The lowest BCUT2D eigenvalue weighted by Crippen LogP contribution is -2.48. The van der Waals surface area contributed by atoms with Gasteiger partial charge in [0.05, 0.1) is 0 Å². The van der Waals surface area contributed by atoms with Crippen LogP contribution in [0.5, 0.6) is 0 Å². The predicted octanol–water partition coefficient (Wildman–Crippen LogP) is 1.89. The van der Waals surface area contributed by atoms with E-state index in [0.29, 0.717) is 11.4 Å². The molecule has 1 aliphatic heterocycles. The van der Waals surface area contributed by atoms with Crippen molar-refractivity contribution < 1.29 is 8.42 Å². The minimum absolute atomic E-state index is 0.183. The van der Waals surface area contributed by atoms with Gasteiger partial charge in [-0.15, -0.1) is 0 Å². The van der Waals surface area contributed by atoms with Crippen LogP contribution in [0.1, 0.15) is 12.5 Å². The largest absolute Gasteiger partial charge is 0.399 e. The lowest BCUT2D eigenvalue weighted by atomic mass is 10.1. The van der Waals surface area contributed by atoms with Crippen molar-refractivity contribution in [2.45, 2.75) is 19.2 Å². The zero-order chi connectivity index (χ0) is 14.0. The van der Waals surface area contributed by atoms with E-state index in [2.05, 4.69) is 0 Å². The van der Waals surface area contributed by atoms with Gasteiger partial charge < -0.3 is 10.6 Å². The number of hydrogen-bond donors (Lipinski definition) is 1. The lowest BCUT2D eigenvalue weighted by molar-refractivity contribution is 0.579. The molecule has 0 aromatic heterocycles. The molecular weight excluding hydrogens is 280 g/mol. The number of aryl methyl sites for hydroxylation is 1. The molecular formula is C13H20N2O2S2. The third kappa shape index (κ3) is 3.00. The van der Waals surface area contributed by atoms with Gasteiger partial charge in [-0.2, -0.15) is 11.8 Å². The van der Waals surface area contributed by atoms with Crippen LogP contribution in [-0.4, -0.2) is 37.6 Å². The summed E-state index contributed by atoms with van der Waals surface area (Å²) in [6.45, 7) is 4.45. The highest BCUT2D eigenvalue weighted by molar-refractivity contribution is 8.01. The third-order valence-electron chi connectivity index (χ3n) is 3.43. The number of sulfone groups is 1. The van der Waals surface area contributed by atoms with Crippen LogP contribution >= 0.6 is 11.8 Å². The first-order chi connectivity index (χ1) is 8.95. The van der Waals surface area contributed by atoms with Crippen molar-refractivity contribution in [1.29, 1.82) is 0 Å². The Balaban J connectivity index is 2.40. The van der Waals surface area contributed by atoms with E-state index in [0.717, 1.165) is 23.5 Å². The van der Waals surface area contributed by atoms with E-state index in [1.54, 1.807) is 18.7 Å². The maximum absolute atomic E-state index is 12.2. The van der Waals surface area contributed by atoms with E-state index < -0.39 is 15.2 Å². The smallest absolute Gasteiger partial charge is 0.171 e. The zero-order valence-corrected chi connectivity index (χ0v) is 12.9. The fourth-order valence-corrected chi connectivity index (χ4v) is 5.33. The summed E-state index contributed by atoms with van der Waals surface area (Å²) >= 11 is 1.71. The number of anilines is 2. The molecule has 1 unspecified atom stereocenters. The van der Waals surface area contributed by atoms with Gasteiger partial charge in [0.15, 0.2) is 9.84 Å². The van der Waals surface area contributed by atoms with Crippen molar-refractivity contribution in [3.63, 3.8) is 0 Å². The first kappa shape index (κ1) is 14.5. The predicted molar refractivity (Wildman–Crippen MR) is 83.5 cm³/mol. The van der Waals surface area contributed by atoms with Crippen molar-refractivity contribution >= 4 is 33.0 Å². The Bertz CT molecular complexity index is 558. The standard InChI is InChI=1S/C13H20N2O2S2/c1-3-19(16,17)13-9-18-7-6-15(13)12-5-4-11(14)8-10(12)2/h4-5,8,13H,3,6-7,9,14H2,1-2H3. The average Bonchev–Trinajstić information content (AvgIpc) is 2.39. The Morgan fingerprint density at radius 1 is 1.47 bits per heavy atom. The van der Waals surface area contributed by atoms with Crippen LogP contribution in [0.3, 0.4) is 0 Å². The summed E-state index contributed by atoms with van der Waals surface area (Å²) in [6.07, 6.45) is 0. The number of hydrogen-bond acceptors (Lipinski definition) is 5. The summed E-state index contributed by atoms with van der Waals surface area (Å²) in [7, 11) is -3.07. The summed E-state index contributed by atoms with van der Waals surface area (Å²) in [4.78, 5) is 2.02. The van der Waals surface area contributed by atoms with Crippen LogP contribution in [0.25, 0.3) is 0 Å². The van der Waals surface area contributed by atoms with Gasteiger partial charge in [0.1, 0.15) is 5.37 Å². The van der Waals surface area contributed by atoms with Gasteiger partial charge in [-0.05, 0) is 30.7 Å². The fourth-order valence-electron chi connectivity index (χ4n) is 2.35. The molecule has 106 valence electrons. The van der Waals surface area contributed by atoms with Gasteiger partial charge in [0.2, 0.25) is 0 Å². The SMILES string of the molecule is CCS(=O)(=O)C1CSCCN1c1ccc(N)cc1C. The van der Waals surface area contributed by atoms with Crippen molar-refractivity contribution in [3.05, 3.63) is 23.8 Å². The second-order valence-corrected chi connectivity index (χ2v) is 8.32. The Kier molecular flexibility index (Phi) is 4.30. The Morgan fingerprint density at radius 2 is 2.21 bits per heavy atom. The van der Waals surface area contributed by atoms with Gasteiger partial charge >= 0.3 is 0 Å². The van der Waals surface area contributed by atoms with Crippen LogP contribution in [0.15, 0.2) is 18.2 Å². The van der Waals surface area contributed by atoms with Crippen LogP contribution in [0.4, 0.5) is 11.4 Å². The molecule has 2 rings (SSSR count). The zero-order valence-electron chi connectivity index (χ0n) is 11.3. The number of nitrogens with two attached hydrogens (primary N) is 1. The van der Waals surface area contributed by atoms with E-state index in [9.17, 15) is 8.42 Å². The van der Waals surface area contributed by atoms with Gasteiger partial charge in [0.25, 0.3) is 0 Å². The van der Waals surface area contributed by atoms with Crippen molar-refractivity contribution in [1.82, 2.24) is 0 Å². The summed E-state index contributed by atoms with van der Waals surface area (Å²) in [5.41, 5.74) is 8.49. The van der Waals surface area contributed by atoms with E-state index in [1.165, 1.54) is 0 Å². The molecule has 6 heteroatoms. The summed E-state index contributed by atoms with van der Waals surface area (Å²) in [6, 6.07) is 5.66. The molecule has 0 amide bonds. The number of nitrogen functional groups attached to an aromatic ring is 1. The molecule has 1 aromatic carbocycles. The Labute approximate surface area is 119 Å². The van der Waals surface area contributed by atoms with Crippen molar-refractivity contribution in [2.75, 3.05) is 34.4 Å². The van der Waals surface area contributed by atoms with Gasteiger partial charge in [-0.3, -0.25) is 0 Å². The van der Waals surface area contributed by atoms with E-state index in [-0.39, 0.29) is 5.75 Å². The molecule has 0 aliphatic carbocycles. The fraction of sp³-hybridized carbons (Fsp3) is 0.538. The first-order valence-electron chi connectivity index (χ1n) is 6.38. The number of benzene rings is 1. The van der Waals surface area contributed by atoms with Gasteiger partial charge in [0, 0.05) is 35.2 Å². The van der Waals surface area contributed by atoms with E-state index in [4.69, 9.17) is 5.73 Å². The normalized spacial score (nSPS) is 20.5. The third-order valence-corrected chi connectivity index (χ3v) is 6.72. The number of rotatable bonds is 3. The highest BCUT2D eigenvalue weighted by Gasteiger charge is 2.33. The Hall–Kier alpha value is -0.880. The van der Waals surface area contributed by atoms with Crippen LogP contribution in [-0.2, 0) is 9.84 Å². The maximum atomic E-state index is 12.2. The van der Waals surface area contributed by atoms with Gasteiger partial charge in [-0.1, -0.05) is 6.92 Å². The number of thioether (sulfide) groups is 1. The molecule has 1 heterocycles. The highest BCUT2D eigenvalue weighted by Crippen LogP contribution is 2.30. The maximum Gasteiger partial charge on any atom is 0.171 e. The quantitative estimate of drug-likeness (QED) is 0.864. The molecule has 19 heavy (non-hydrogen) atoms. The van der Waals surface area contributed by atoms with Gasteiger partial charge in [-0.25, -0.2) is 8.42 Å². The van der Waals surface area contributed by atoms with E-state index >= 15 is 0 Å². The monoisotopic (exact) mass is 300 g/mol.